The molecule has 148 valence electrons. The summed E-state index contributed by atoms with van der Waals surface area (Å²) in [7, 11) is 0. The van der Waals surface area contributed by atoms with Crippen LogP contribution in [-0.2, 0) is 17.5 Å². The highest BCUT2D eigenvalue weighted by Gasteiger charge is 2.34. The molecule has 2 fully saturated rings. The predicted molar refractivity (Wildman–Crippen MR) is 91.1 cm³/mol. The van der Waals surface area contributed by atoms with Crippen LogP contribution in [0.1, 0.15) is 40.5 Å². The van der Waals surface area contributed by atoms with Gasteiger partial charge < -0.3 is 9.80 Å². The van der Waals surface area contributed by atoms with Crippen molar-refractivity contribution >= 4 is 11.8 Å². The standard InChI is InChI=1S/C18H18F3N5O2/c19-18(20,21)13-5-3-12(4-6-13)17(28)25-10-15(11-25)26-9-14(22-23-26)8-24-7-1-2-16(24)27/h3-6,9,15H,1-2,7-8,10-11H2. The SMILES string of the molecule is O=C1CCCN1Cc1cn(C2CN(C(=O)c3ccc(C(F)(F)F)cc3)C2)nn1. The molecule has 10 heteroatoms. The Labute approximate surface area is 158 Å². The van der Waals surface area contributed by atoms with E-state index in [0.717, 1.165) is 25.1 Å². The van der Waals surface area contributed by atoms with E-state index in [-0.39, 0.29) is 23.4 Å². The lowest BCUT2D eigenvalue weighted by atomic mass is 10.1. The largest absolute Gasteiger partial charge is 0.416 e. The fourth-order valence-electron chi connectivity index (χ4n) is 3.40. The quantitative estimate of drug-likeness (QED) is 0.798. The van der Waals surface area contributed by atoms with Gasteiger partial charge in [0.05, 0.1) is 24.3 Å². The minimum absolute atomic E-state index is 0.0334. The number of aromatic nitrogens is 3. The van der Waals surface area contributed by atoms with Gasteiger partial charge >= 0.3 is 6.18 Å². The van der Waals surface area contributed by atoms with E-state index in [4.69, 9.17) is 0 Å². The average molecular weight is 393 g/mol. The van der Waals surface area contributed by atoms with Crippen molar-refractivity contribution in [3.63, 3.8) is 0 Å². The monoisotopic (exact) mass is 393 g/mol. The number of halogens is 3. The molecule has 0 unspecified atom stereocenters. The molecule has 0 aliphatic carbocycles. The maximum absolute atomic E-state index is 12.6. The fraction of sp³-hybridized carbons (Fsp3) is 0.444. The molecule has 1 aromatic carbocycles. The van der Waals surface area contributed by atoms with Crippen molar-refractivity contribution in [2.24, 2.45) is 0 Å². The van der Waals surface area contributed by atoms with E-state index in [1.165, 1.54) is 12.1 Å². The molecule has 0 saturated carbocycles. The Bertz CT molecular complexity index is 887. The lowest BCUT2D eigenvalue weighted by molar-refractivity contribution is -0.137. The summed E-state index contributed by atoms with van der Waals surface area (Å²) in [4.78, 5) is 27.4. The van der Waals surface area contributed by atoms with Gasteiger partial charge in [-0.15, -0.1) is 5.10 Å². The Morgan fingerprint density at radius 1 is 1.18 bits per heavy atom. The molecule has 28 heavy (non-hydrogen) atoms. The highest BCUT2D eigenvalue weighted by molar-refractivity contribution is 5.94. The summed E-state index contributed by atoms with van der Waals surface area (Å²) in [6.07, 6.45) is -1.22. The number of carbonyl (C=O) groups excluding carboxylic acids is 2. The molecular formula is C18H18F3N5O2. The van der Waals surface area contributed by atoms with Gasteiger partial charge in [0.1, 0.15) is 5.69 Å². The smallest absolute Gasteiger partial charge is 0.337 e. The summed E-state index contributed by atoms with van der Waals surface area (Å²) < 4.78 is 39.5. The average Bonchev–Trinajstić information content (AvgIpc) is 3.23. The van der Waals surface area contributed by atoms with E-state index in [9.17, 15) is 22.8 Å². The van der Waals surface area contributed by atoms with Crippen LogP contribution in [0.25, 0.3) is 0 Å². The van der Waals surface area contributed by atoms with E-state index in [0.29, 0.717) is 31.7 Å². The second-order valence-corrected chi connectivity index (χ2v) is 7.05. The number of carbonyl (C=O) groups is 2. The van der Waals surface area contributed by atoms with E-state index >= 15 is 0 Å². The van der Waals surface area contributed by atoms with Crippen molar-refractivity contribution in [3.8, 4) is 0 Å². The zero-order valence-electron chi connectivity index (χ0n) is 14.9. The number of alkyl halides is 3. The Balaban J connectivity index is 1.33. The first-order chi connectivity index (χ1) is 13.3. The van der Waals surface area contributed by atoms with Gasteiger partial charge in [-0.05, 0) is 30.7 Å². The maximum Gasteiger partial charge on any atom is 0.416 e. The molecule has 4 rings (SSSR count). The molecule has 2 aliphatic heterocycles. The van der Waals surface area contributed by atoms with Crippen LogP contribution in [0.15, 0.2) is 30.5 Å². The summed E-state index contributed by atoms with van der Waals surface area (Å²) in [6, 6.07) is 4.17. The first-order valence-electron chi connectivity index (χ1n) is 8.96. The van der Waals surface area contributed by atoms with Crippen molar-refractivity contribution in [3.05, 3.63) is 47.3 Å². The number of benzene rings is 1. The zero-order valence-corrected chi connectivity index (χ0v) is 14.9. The second-order valence-electron chi connectivity index (χ2n) is 7.05. The molecule has 3 heterocycles. The first kappa shape index (κ1) is 18.5. The molecule has 2 saturated heterocycles. The van der Waals surface area contributed by atoms with Gasteiger partial charge in [0.2, 0.25) is 5.91 Å². The molecule has 2 aromatic rings. The van der Waals surface area contributed by atoms with Gasteiger partial charge in [-0.3, -0.25) is 9.59 Å². The third-order valence-corrected chi connectivity index (χ3v) is 5.06. The first-order valence-corrected chi connectivity index (χ1v) is 8.96. The van der Waals surface area contributed by atoms with Crippen LogP contribution in [-0.4, -0.2) is 56.2 Å². The van der Waals surface area contributed by atoms with Gasteiger partial charge in [-0.2, -0.15) is 13.2 Å². The molecule has 0 atom stereocenters. The fourth-order valence-corrected chi connectivity index (χ4v) is 3.40. The number of hydrogen-bond donors (Lipinski definition) is 0. The van der Waals surface area contributed by atoms with Crippen LogP contribution >= 0.6 is 0 Å². The van der Waals surface area contributed by atoms with Crippen LogP contribution in [0.5, 0.6) is 0 Å². The van der Waals surface area contributed by atoms with Crippen molar-refractivity contribution in [1.29, 1.82) is 0 Å². The van der Waals surface area contributed by atoms with Crippen molar-refractivity contribution < 1.29 is 22.8 Å². The molecule has 2 amide bonds. The molecule has 0 bridgehead atoms. The van der Waals surface area contributed by atoms with E-state index < -0.39 is 11.7 Å². The van der Waals surface area contributed by atoms with Gasteiger partial charge in [0.15, 0.2) is 0 Å². The van der Waals surface area contributed by atoms with Crippen LogP contribution < -0.4 is 0 Å². The van der Waals surface area contributed by atoms with Crippen molar-refractivity contribution in [2.75, 3.05) is 19.6 Å². The summed E-state index contributed by atoms with van der Waals surface area (Å²) in [5.41, 5.74) is 0.137. The zero-order chi connectivity index (χ0) is 19.9. The van der Waals surface area contributed by atoms with Crippen molar-refractivity contribution in [1.82, 2.24) is 24.8 Å². The maximum atomic E-state index is 12.6. The molecule has 0 N–H and O–H groups in total. The Kier molecular flexibility index (Phi) is 4.56. The van der Waals surface area contributed by atoms with Crippen LogP contribution in [0.2, 0.25) is 0 Å². The number of nitrogens with zero attached hydrogens (tertiary/aromatic N) is 5. The normalized spacial score (nSPS) is 17.9. The molecule has 1 aromatic heterocycles. The van der Waals surface area contributed by atoms with Gasteiger partial charge in [0.25, 0.3) is 5.91 Å². The molecule has 0 radical (unpaired) electrons. The van der Waals surface area contributed by atoms with E-state index in [2.05, 4.69) is 10.3 Å². The van der Waals surface area contributed by atoms with Crippen LogP contribution in [0.3, 0.4) is 0 Å². The van der Waals surface area contributed by atoms with Crippen molar-refractivity contribution in [2.45, 2.75) is 31.6 Å². The topological polar surface area (TPSA) is 71.3 Å². The minimum atomic E-state index is -4.42. The highest BCUT2D eigenvalue weighted by atomic mass is 19.4. The number of amides is 2. The third kappa shape index (κ3) is 3.58. The van der Waals surface area contributed by atoms with E-state index in [1.807, 2.05) is 0 Å². The lowest BCUT2D eigenvalue weighted by Gasteiger charge is -2.38. The Morgan fingerprint density at radius 3 is 2.50 bits per heavy atom. The molecule has 0 spiro atoms. The third-order valence-electron chi connectivity index (χ3n) is 5.06. The van der Waals surface area contributed by atoms with Gasteiger partial charge in [-0.1, -0.05) is 5.21 Å². The minimum Gasteiger partial charge on any atom is -0.337 e. The second kappa shape index (κ2) is 6.92. The summed E-state index contributed by atoms with van der Waals surface area (Å²) in [5, 5.41) is 8.16. The summed E-state index contributed by atoms with van der Waals surface area (Å²) in [5.74, 6) is -0.195. The molecular weight excluding hydrogens is 375 g/mol. The van der Waals surface area contributed by atoms with E-state index in [1.54, 1.807) is 20.7 Å². The Morgan fingerprint density at radius 2 is 1.89 bits per heavy atom. The number of likely N-dealkylation sites (tertiary alicyclic amines) is 2. The number of rotatable bonds is 4. The summed E-state index contributed by atoms with van der Waals surface area (Å²) in [6.45, 7) is 1.97. The lowest BCUT2D eigenvalue weighted by Crippen LogP contribution is -2.50. The predicted octanol–water partition coefficient (Wildman–Crippen LogP) is 2.12. The van der Waals surface area contributed by atoms with Gasteiger partial charge in [-0.25, -0.2) is 4.68 Å². The number of hydrogen-bond acceptors (Lipinski definition) is 4. The highest BCUT2D eigenvalue weighted by Crippen LogP contribution is 2.30. The van der Waals surface area contributed by atoms with Gasteiger partial charge in [0, 0.05) is 31.6 Å². The van der Waals surface area contributed by atoms with Crippen LogP contribution in [0.4, 0.5) is 13.2 Å². The molecule has 2 aliphatic rings. The Hall–Kier alpha value is -2.91. The summed E-state index contributed by atoms with van der Waals surface area (Å²) >= 11 is 0. The molecule has 7 nitrogen and oxygen atoms in total. The van der Waals surface area contributed by atoms with Crippen LogP contribution in [0, 0.1) is 0 Å².